The van der Waals surface area contributed by atoms with E-state index in [1.165, 1.54) is 0 Å². The molecule has 5 nitrogen and oxygen atoms in total. The van der Waals surface area contributed by atoms with Gasteiger partial charge in [-0.15, -0.1) is 0 Å². The molecule has 3 heterocycles. The Morgan fingerprint density at radius 2 is 1.96 bits per heavy atom. The lowest BCUT2D eigenvalue weighted by atomic mass is 9.97. The third-order valence-electron chi connectivity index (χ3n) is 5.06. The van der Waals surface area contributed by atoms with Crippen LogP contribution in [0.2, 0.25) is 5.02 Å². The molecule has 1 aromatic heterocycles. The molecule has 2 aliphatic rings. The van der Waals surface area contributed by atoms with E-state index >= 15 is 0 Å². The van der Waals surface area contributed by atoms with Crippen molar-refractivity contribution >= 4 is 17.3 Å². The quantitative estimate of drug-likeness (QED) is 0.580. The summed E-state index contributed by atoms with van der Waals surface area (Å²) in [6.07, 6.45) is 1.94. The molecule has 0 fully saturated rings. The minimum atomic E-state index is -0.444. The monoisotopic (exact) mass is 394 g/mol. The van der Waals surface area contributed by atoms with Gasteiger partial charge in [-0.3, -0.25) is 0 Å². The fraction of sp³-hybridized carbons (Fsp3) is 0.227. The second-order valence-corrected chi connectivity index (χ2v) is 7.13. The molecule has 142 valence electrons. The normalized spacial score (nSPS) is 20.2. The van der Waals surface area contributed by atoms with Gasteiger partial charge in [0.1, 0.15) is 11.5 Å². The number of furan rings is 1. The van der Waals surface area contributed by atoms with Crippen molar-refractivity contribution < 1.29 is 13.9 Å². The van der Waals surface area contributed by atoms with Crippen molar-refractivity contribution in [1.29, 1.82) is 0 Å². The lowest BCUT2D eigenvalue weighted by molar-refractivity contribution is -0.0211. The van der Waals surface area contributed by atoms with Gasteiger partial charge >= 0.3 is 0 Å². The van der Waals surface area contributed by atoms with Crippen LogP contribution in [0.4, 0.5) is 0 Å². The number of fused-ring (bicyclic) bond motifs is 3. The molecule has 28 heavy (non-hydrogen) atoms. The largest absolute Gasteiger partial charge is 0.490 e. The molecular formula is C22H19ClN2O3. The summed E-state index contributed by atoms with van der Waals surface area (Å²) in [5.41, 5.74) is 2.82. The number of halogens is 1. The van der Waals surface area contributed by atoms with Crippen LogP contribution in [-0.4, -0.2) is 17.3 Å². The maximum Gasteiger partial charge on any atom is 0.215 e. The maximum absolute atomic E-state index is 6.51. The fourth-order valence-electron chi connectivity index (χ4n) is 3.83. The van der Waals surface area contributed by atoms with Crippen molar-refractivity contribution in [2.45, 2.75) is 25.6 Å². The zero-order valence-corrected chi connectivity index (χ0v) is 16.1. The topological polar surface area (TPSA) is 47.2 Å². The van der Waals surface area contributed by atoms with E-state index in [-0.39, 0.29) is 6.04 Å². The molecule has 5 rings (SSSR count). The maximum atomic E-state index is 6.51. The summed E-state index contributed by atoms with van der Waals surface area (Å²) in [6, 6.07) is 17.5. The summed E-state index contributed by atoms with van der Waals surface area (Å²) in [5, 5.41) is 7.48. The van der Waals surface area contributed by atoms with Gasteiger partial charge in [0.2, 0.25) is 6.23 Å². The molecule has 2 atom stereocenters. The summed E-state index contributed by atoms with van der Waals surface area (Å²) in [4.78, 5) is 0. The fourth-order valence-corrected chi connectivity index (χ4v) is 4.05. The van der Waals surface area contributed by atoms with Crippen LogP contribution in [-0.2, 0) is 0 Å². The summed E-state index contributed by atoms with van der Waals surface area (Å²) in [5.74, 6) is 2.27. The minimum absolute atomic E-state index is 0.0190. The van der Waals surface area contributed by atoms with Gasteiger partial charge in [0.15, 0.2) is 11.5 Å². The number of ether oxygens (including phenoxy) is 2. The molecule has 3 aromatic rings. The smallest absolute Gasteiger partial charge is 0.215 e. The Hall–Kier alpha value is -2.92. The second-order valence-electron chi connectivity index (χ2n) is 6.72. The van der Waals surface area contributed by atoms with Crippen LogP contribution in [0.1, 0.15) is 42.5 Å². The highest BCUT2D eigenvalue weighted by molar-refractivity contribution is 6.31. The van der Waals surface area contributed by atoms with Gasteiger partial charge in [-0.1, -0.05) is 41.9 Å². The molecule has 6 heteroatoms. The van der Waals surface area contributed by atoms with Gasteiger partial charge in [-0.25, -0.2) is 5.01 Å². The summed E-state index contributed by atoms with van der Waals surface area (Å²) in [7, 11) is 0. The molecule has 0 bridgehead atoms. The zero-order valence-electron chi connectivity index (χ0n) is 15.3. The van der Waals surface area contributed by atoms with Crippen LogP contribution < -0.4 is 9.47 Å². The van der Waals surface area contributed by atoms with Crippen LogP contribution in [0.15, 0.2) is 70.4 Å². The van der Waals surface area contributed by atoms with E-state index in [4.69, 9.17) is 30.6 Å². The van der Waals surface area contributed by atoms with Gasteiger partial charge in [-0.2, -0.15) is 5.10 Å². The van der Waals surface area contributed by atoms with Crippen LogP contribution in [0.5, 0.6) is 11.5 Å². The van der Waals surface area contributed by atoms with Gasteiger partial charge in [0.25, 0.3) is 0 Å². The summed E-state index contributed by atoms with van der Waals surface area (Å²) in [6.45, 7) is 2.53. The lowest BCUT2D eigenvalue weighted by Crippen LogP contribution is -2.34. The number of hydrogen-bond donors (Lipinski definition) is 0. The third kappa shape index (κ3) is 2.74. The first-order valence-electron chi connectivity index (χ1n) is 9.32. The Kier molecular flexibility index (Phi) is 4.24. The van der Waals surface area contributed by atoms with Crippen molar-refractivity contribution in [3.63, 3.8) is 0 Å². The lowest BCUT2D eigenvalue weighted by Gasteiger charge is -2.39. The van der Waals surface area contributed by atoms with Crippen molar-refractivity contribution in [2.75, 3.05) is 6.61 Å². The predicted molar refractivity (Wildman–Crippen MR) is 107 cm³/mol. The number of hydrazone groups is 1. The van der Waals surface area contributed by atoms with Crippen LogP contribution in [0.3, 0.4) is 0 Å². The number of nitrogens with zero attached hydrogens (tertiary/aromatic N) is 2. The molecular weight excluding hydrogens is 376 g/mol. The molecule has 0 N–H and O–H groups in total. The number of benzene rings is 2. The Bertz CT molecular complexity index is 1030. The van der Waals surface area contributed by atoms with Crippen LogP contribution in [0.25, 0.3) is 0 Å². The predicted octanol–water partition coefficient (Wildman–Crippen LogP) is 5.57. The summed E-state index contributed by atoms with van der Waals surface area (Å²) < 4.78 is 17.9. The van der Waals surface area contributed by atoms with Crippen LogP contribution in [0, 0.1) is 0 Å². The van der Waals surface area contributed by atoms with E-state index in [9.17, 15) is 0 Å². The van der Waals surface area contributed by atoms with Gasteiger partial charge < -0.3 is 13.9 Å². The first-order valence-corrected chi connectivity index (χ1v) is 9.70. The van der Waals surface area contributed by atoms with E-state index in [1.54, 1.807) is 6.26 Å². The molecule has 0 radical (unpaired) electrons. The van der Waals surface area contributed by atoms with E-state index < -0.39 is 6.23 Å². The molecule has 2 aromatic carbocycles. The SMILES string of the molecule is CCOc1cccc2c1O[C@@H](c1ccccc1Cl)N1N=C(c3ccco3)C[C@H]21. The highest BCUT2D eigenvalue weighted by Crippen LogP contribution is 2.51. The second kappa shape index (κ2) is 6.91. The first kappa shape index (κ1) is 17.2. The number of rotatable bonds is 4. The zero-order chi connectivity index (χ0) is 19.1. The average molecular weight is 395 g/mol. The van der Waals surface area contributed by atoms with Crippen molar-refractivity contribution in [1.82, 2.24) is 5.01 Å². The number of hydrogen-bond acceptors (Lipinski definition) is 5. The minimum Gasteiger partial charge on any atom is -0.490 e. The van der Waals surface area contributed by atoms with E-state index in [0.717, 1.165) is 40.5 Å². The summed E-state index contributed by atoms with van der Waals surface area (Å²) >= 11 is 6.51. The number of para-hydroxylation sites is 1. The van der Waals surface area contributed by atoms with Crippen LogP contribution >= 0.6 is 11.6 Å². The third-order valence-corrected chi connectivity index (χ3v) is 5.40. The highest BCUT2D eigenvalue weighted by Gasteiger charge is 2.43. The van der Waals surface area contributed by atoms with E-state index in [1.807, 2.05) is 60.5 Å². The highest BCUT2D eigenvalue weighted by atomic mass is 35.5. The molecule has 0 saturated carbocycles. The van der Waals surface area contributed by atoms with E-state index in [0.29, 0.717) is 11.6 Å². The Balaban J connectivity index is 1.64. The average Bonchev–Trinajstić information content (AvgIpc) is 3.38. The molecule has 0 unspecified atom stereocenters. The Labute approximate surface area is 168 Å². The van der Waals surface area contributed by atoms with Crippen molar-refractivity contribution in [2.24, 2.45) is 5.10 Å². The van der Waals surface area contributed by atoms with Gasteiger partial charge in [0.05, 0.1) is 18.9 Å². The first-order chi connectivity index (χ1) is 13.8. The van der Waals surface area contributed by atoms with Gasteiger partial charge in [0, 0.05) is 22.6 Å². The standard InChI is InChI=1S/C22H19ClN2O3/c1-2-26-20-10-5-8-15-18-13-17(19-11-6-12-27-19)24-25(18)22(28-21(15)20)14-7-3-4-9-16(14)23/h3-12,18,22H,2,13H2,1H3/t18-,22+/m1/s1. The van der Waals surface area contributed by atoms with Crippen molar-refractivity contribution in [3.05, 3.63) is 82.8 Å². The Morgan fingerprint density at radius 3 is 2.75 bits per heavy atom. The Morgan fingerprint density at radius 1 is 1.11 bits per heavy atom. The molecule has 0 spiro atoms. The molecule has 0 aliphatic carbocycles. The molecule has 2 aliphatic heterocycles. The van der Waals surface area contributed by atoms with E-state index in [2.05, 4.69) is 6.07 Å². The van der Waals surface area contributed by atoms with Gasteiger partial charge in [-0.05, 0) is 31.2 Å². The molecule has 0 amide bonds. The molecule has 0 saturated heterocycles. The van der Waals surface area contributed by atoms with Crippen molar-refractivity contribution in [3.8, 4) is 11.5 Å².